The molecule has 0 spiro atoms. The Morgan fingerprint density at radius 3 is 2.66 bits per heavy atom. The van der Waals surface area contributed by atoms with Gasteiger partial charge in [-0.05, 0) is 56.5 Å². The van der Waals surface area contributed by atoms with Gasteiger partial charge in [0.1, 0.15) is 0 Å². The minimum absolute atomic E-state index is 0.249. The van der Waals surface area contributed by atoms with Crippen LogP contribution in [0.2, 0.25) is 0 Å². The molecule has 2 heterocycles. The van der Waals surface area contributed by atoms with Crippen LogP contribution in [0.3, 0.4) is 0 Å². The maximum Gasteiger partial charge on any atom is 0.338 e. The van der Waals surface area contributed by atoms with E-state index in [-0.39, 0.29) is 12.6 Å². The molecule has 1 aliphatic rings. The number of imidazole rings is 1. The monoisotopic (exact) mass is 450 g/mol. The maximum absolute atomic E-state index is 13.0. The number of esters is 1. The number of carbonyl (C=O) groups is 2. The van der Waals surface area contributed by atoms with Crippen LogP contribution in [0.5, 0.6) is 0 Å². The lowest BCUT2D eigenvalue weighted by Gasteiger charge is -2.30. The second-order valence-corrected chi connectivity index (χ2v) is 8.82. The number of hydrogen-bond donors (Lipinski definition) is 3. The van der Waals surface area contributed by atoms with Gasteiger partial charge in [0.2, 0.25) is 0 Å². The van der Waals surface area contributed by atoms with Crippen molar-refractivity contribution in [1.29, 1.82) is 0 Å². The molecule has 0 radical (unpaired) electrons. The molecular formula is C24H26N4O3S. The van der Waals surface area contributed by atoms with E-state index in [0.717, 1.165) is 38.4 Å². The molecule has 8 heteroatoms. The van der Waals surface area contributed by atoms with Crippen molar-refractivity contribution in [3.8, 4) is 0 Å². The first-order chi connectivity index (χ1) is 15.4. The fourth-order valence-electron chi connectivity index (χ4n) is 3.79. The van der Waals surface area contributed by atoms with Gasteiger partial charge in [-0.1, -0.05) is 41.6 Å². The zero-order chi connectivity index (χ0) is 22.8. The summed E-state index contributed by atoms with van der Waals surface area (Å²) >= 11 is 1.43. The normalized spacial score (nSPS) is 16.1. The van der Waals surface area contributed by atoms with Crippen molar-refractivity contribution in [2.75, 3.05) is 12.4 Å². The van der Waals surface area contributed by atoms with Crippen molar-refractivity contribution < 1.29 is 14.3 Å². The predicted molar refractivity (Wildman–Crippen MR) is 126 cm³/mol. The topological polar surface area (TPSA) is 96.1 Å². The number of carbonyl (C=O) groups excluding carboxylic acids is 2. The summed E-state index contributed by atoms with van der Waals surface area (Å²) < 4.78 is 5.36. The zero-order valence-corrected chi connectivity index (χ0v) is 19.4. The SMILES string of the molecule is CCOC(=O)C1=C(CSc2nc3ccc(C)cc3[nH]2)NC(=O)NC1c1cc(C)ccc1C. The number of aryl methyl sites for hydroxylation is 3. The molecule has 0 fully saturated rings. The molecule has 32 heavy (non-hydrogen) atoms. The Bertz CT molecular complexity index is 1230. The summed E-state index contributed by atoms with van der Waals surface area (Å²) in [6, 6.07) is 11.1. The molecule has 2 aromatic carbocycles. The Labute approximate surface area is 191 Å². The van der Waals surface area contributed by atoms with E-state index in [1.807, 2.05) is 57.2 Å². The quantitative estimate of drug-likeness (QED) is 0.381. The molecule has 0 aliphatic carbocycles. The third-order valence-corrected chi connectivity index (χ3v) is 6.26. The number of fused-ring (bicyclic) bond motifs is 1. The highest BCUT2D eigenvalue weighted by Gasteiger charge is 2.34. The van der Waals surface area contributed by atoms with Gasteiger partial charge in [-0.3, -0.25) is 0 Å². The molecule has 0 bridgehead atoms. The molecule has 2 amide bonds. The van der Waals surface area contributed by atoms with Crippen LogP contribution in [0, 0.1) is 20.8 Å². The van der Waals surface area contributed by atoms with E-state index in [9.17, 15) is 9.59 Å². The predicted octanol–water partition coefficient (Wildman–Crippen LogP) is 4.45. The molecule has 4 rings (SSSR count). The van der Waals surface area contributed by atoms with Gasteiger partial charge in [0.25, 0.3) is 0 Å². The van der Waals surface area contributed by atoms with E-state index in [1.54, 1.807) is 6.92 Å². The number of rotatable bonds is 6. The average molecular weight is 451 g/mol. The van der Waals surface area contributed by atoms with Gasteiger partial charge in [0.05, 0.1) is 29.3 Å². The fourth-order valence-corrected chi connectivity index (χ4v) is 4.65. The Morgan fingerprint density at radius 2 is 1.88 bits per heavy atom. The number of ether oxygens (including phenoxy) is 1. The largest absolute Gasteiger partial charge is 0.463 e. The minimum Gasteiger partial charge on any atom is -0.463 e. The number of aromatic amines is 1. The van der Waals surface area contributed by atoms with E-state index in [0.29, 0.717) is 17.0 Å². The van der Waals surface area contributed by atoms with E-state index in [4.69, 9.17) is 4.74 Å². The van der Waals surface area contributed by atoms with Gasteiger partial charge in [-0.25, -0.2) is 14.6 Å². The first kappa shape index (κ1) is 22.0. The van der Waals surface area contributed by atoms with E-state index in [1.165, 1.54) is 11.8 Å². The zero-order valence-electron chi connectivity index (χ0n) is 18.5. The van der Waals surface area contributed by atoms with Crippen molar-refractivity contribution in [3.05, 3.63) is 69.9 Å². The number of hydrogen-bond acceptors (Lipinski definition) is 5. The summed E-state index contributed by atoms with van der Waals surface area (Å²) in [5, 5.41) is 6.44. The van der Waals surface area contributed by atoms with Crippen LogP contribution in [-0.2, 0) is 9.53 Å². The van der Waals surface area contributed by atoms with Gasteiger partial charge in [0.15, 0.2) is 5.16 Å². The number of thioether (sulfide) groups is 1. The van der Waals surface area contributed by atoms with Crippen molar-refractivity contribution in [2.45, 2.75) is 38.9 Å². The molecule has 1 unspecified atom stereocenters. The molecule has 7 nitrogen and oxygen atoms in total. The Balaban J connectivity index is 1.71. The number of H-pyrrole nitrogens is 1. The second-order valence-electron chi connectivity index (χ2n) is 7.86. The standard InChI is InChI=1S/C24H26N4O3S/c1-5-31-22(29)20-19(12-32-24-26-17-9-7-14(3)11-18(17)27-24)25-23(30)28-21(20)16-10-13(2)6-8-15(16)4/h6-11,21H,5,12H2,1-4H3,(H,26,27)(H2,25,28,30). The van der Waals surface area contributed by atoms with Crippen molar-refractivity contribution in [2.24, 2.45) is 0 Å². The summed E-state index contributed by atoms with van der Waals surface area (Å²) in [5.41, 5.74) is 6.84. The highest BCUT2D eigenvalue weighted by molar-refractivity contribution is 7.99. The van der Waals surface area contributed by atoms with E-state index >= 15 is 0 Å². The summed E-state index contributed by atoms with van der Waals surface area (Å²) in [7, 11) is 0. The summed E-state index contributed by atoms with van der Waals surface area (Å²) in [5.74, 6) is -0.0800. The molecular weight excluding hydrogens is 424 g/mol. The molecule has 1 aromatic heterocycles. The van der Waals surface area contributed by atoms with Gasteiger partial charge in [0, 0.05) is 11.4 Å². The van der Waals surface area contributed by atoms with Gasteiger partial charge >= 0.3 is 12.0 Å². The number of nitrogens with zero attached hydrogens (tertiary/aromatic N) is 1. The van der Waals surface area contributed by atoms with Gasteiger partial charge in [-0.2, -0.15) is 0 Å². The Morgan fingerprint density at radius 1 is 1.12 bits per heavy atom. The molecule has 1 atom stereocenters. The van der Waals surface area contributed by atoms with Crippen LogP contribution in [-0.4, -0.2) is 34.3 Å². The lowest BCUT2D eigenvalue weighted by molar-refractivity contribution is -0.139. The first-order valence-corrected chi connectivity index (χ1v) is 11.5. The van der Waals surface area contributed by atoms with Crippen LogP contribution < -0.4 is 10.6 Å². The molecule has 3 N–H and O–H groups in total. The molecule has 0 saturated carbocycles. The number of nitrogens with one attached hydrogen (secondary N) is 3. The van der Waals surface area contributed by atoms with Crippen LogP contribution in [0.15, 0.2) is 52.8 Å². The highest BCUT2D eigenvalue weighted by atomic mass is 32.2. The third kappa shape index (κ3) is 4.50. The van der Waals surface area contributed by atoms with Gasteiger partial charge in [-0.15, -0.1) is 0 Å². The van der Waals surface area contributed by atoms with Crippen LogP contribution in [0.4, 0.5) is 4.79 Å². The van der Waals surface area contributed by atoms with Crippen LogP contribution in [0.25, 0.3) is 11.0 Å². The average Bonchev–Trinajstić information content (AvgIpc) is 3.15. The lowest BCUT2D eigenvalue weighted by Crippen LogP contribution is -2.46. The number of amides is 2. The fraction of sp³-hybridized carbons (Fsp3) is 0.292. The molecule has 1 aliphatic heterocycles. The summed E-state index contributed by atoms with van der Waals surface area (Å²) in [6.07, 6.45) is 0. The maximum atomic E-state index is 13.0. The molecule has 166 valence electrons. The van der Waals surface area contributed by atoms with Crippen LogP contribution in [0.1, 0.15) is 35.2 Å². The number of benzene rings is 2. The summed E-state index contributed by atoms with van der Waals surface area (Å²) in [6.45, 7) is 8.00. The highest BCUT2D eigenvalue weighted by Crippen LogP contribution is 2.32. The molecule has 3 aromatic rings. The number of urea groups is 1. The van der Waals surface area contributed by atoms with E-state index in [2.05, 4.69) is 20.6 Å². The van der Waals surface area contributed by atoms with Gasteiger partial charge < -0.3 is 20.4 Å². The van der Waals surface area contributed by atoms with Crippen LogP contribution >= 0.6 is 11.8 Å². The lowest BCUT2D eigenvalue weighted by atomic mass is 9.91. The smallest absolute Gasteiger partial charge is 0.338 e. The second kappa shape index (κ2) is 9.08. The summed E-state index contributed by atoms with van der Waals surface area (Å²) in [4.78, 5) is 33.4. The molecule has 0 saturated heterocycles. The van der Waals surface area contributed by atoms with Crippen molar-refractivity contribution >= 4 is 34.8 Å². The van der Waals surface area contributed by atoms with E-state index < -0.39 is 12.0 Å². The Hall–Kier alpha value is -3.26. The third-order valence-electron chi connectivity index (χ3n) is 5.36. The number of aromatic nitrogens is 2. The van der Waals surface area contributed by atoms with Crippen molar-refractivity contribution in [1.82, 2.24) is 20.6 Å². The minimum atomic E-state index is -0.586. The Kier molecular flexibility index (Phi) is 6.23. The first-order valence-electron chi connectivity index (χ1n) is 10.5. The van der Waals surface area contributed by atoms with Crippen molar-refractivity contribution in [3.63, 3.8) is 0 Å².